The average Bonchev–Trinajstić information content (AvgIpc) is 3.02. The van der Waals surface area contributed by atoms with Crippen molar-refractivity contribution in [3.63, 3.8) is 0 Å². The summed E-state index contributed by atoms with van der Waals surface area (Å²) in [5.41, 5.74) is 3.99. The molecule has 0 bridgehead atoms. The predicted molar refractivity (Wildman–Crippen MR) is 122 cm³/mol. The molecule has 4 nitrogen and oxygen atoms in total. The highest BCUT2D eigenvalue weighted by Gasteiger charge is 2.34. The summed E-state index contributed by atoms with van der Waals surface area (Å²) in [7, 11) is 0. The number of carbonyl (C=O) groups is 2. The molecule has 5 heteroatoms. The van der Waals surface area contributed by atoms with Crippen LogP contribution in [0.2, 0.25) is 0 Å². The van der Waals surface area contributed by atoms with E-state index >= 15 is 0 Å². The number of hydrogen-bond donors (Lipinski definition) is 1. The van der Waals surface area contributed by atoms with Gasteiger partial charge in [0.15, 0.2) is 0 Å². The summed E-state index contributed by atoms with van der Waals surface area (Å²) in [4.78, 5) is 26.6. The van der Waals surface area contributed by atoms with Gasteiger partial charge in [0.2, 0.25) is 11.8 Å². The average molecular weight is 411 g/mol. The SMILES string of the molecule is CC(C)c1ccc(N2C(=O)CSC2c2ccc(NC(=O)CC(C)(C)C)cc2)cc1. The second-order valence-electron chi connectivity index (χ2n) is 9.08. The summed E-state index contributed by atoms with van der Waals surface area (Å²) in [6.45, 7) is 10.5. The summed E-state index contributed by atoms with van der Waals surface area (Å²) in [6.07, 6.45) is 0.474. The van der Waals surface area contributed by atoms with Crippen LogP contribution in [-0.4, -0.2) is 17.6 Å². The zero-order valence-corrected chi connectivity index (χ0v) is 18.7. The van der Waals surface area contributed by atoms with E-state index in [0.717, 1.165) is 16.9 Å². The molecule has 0 spiro atoms. The lowest BCUT2D eigenvalue weighted by Crippen LogP contribution is -2.27. The summed E-state index contributed by atoms with van der Waals surface area (Å²) in [6, 6.07) is 16.1. The minimum Gasteiger partial charge on any atom is -0.326 e. The van der Waals surface area contributed by atoms with Crippen LogP contribution in [0.1, 0.15) is 63.5 Å². The van der Waals surface area contributed by atoms with Crippen molar-refractivity contribution in [2.75, 3.05) is 16.0 Å². The van der Waals surface area contributed by atoms with Crippen LogP contribution in [0.25, 0.3) is 0 Å². The molecule has 154 valence electrons. The van der Waals surface area contributed by atoms with Crippen LogP contribution in [0.15, 0.2) is 48.5 Å². The lowest BCUT2D eigenvalue weighted by Gasteiger charge is -2.25. The van der Waals surface area contributed by atoms with E-state index in [0.29, 0.717) is 18.1 Å². The van der Waals surface area contributed by atoms with Gasteiger partial charge in [0.25, 0.3) is 0 Å². The molecule has 2 aromatic carbocycles. The fourth-order valence-electron chi connectivity index (χ4n) is 3.39. The third kappa shape index (κ3) is 5.41. The number of carbonyl (C=O) groups excluding carboxylic acids is 2. The molecule has 29 heavy (non-hydrogen) atoms. The maximum atomic E-state index is 12.6. The molecule has 0 aromatic heterocycles. The van der Waals surface area contributed by atoms with Crippen molar-refractivity contribution < 1.29 is 9.59 Å². The summed E-state index contributed by atoms with van der Waals surface area (Å²) in [5.74, 6) is 1.08. The molecule has 2 amide bonds. The van der Waals surface area contributed by atoms with Crippen molar-refractivity contribution in [3.8, 4) is 0 Å². The maximum Gasteiger partial charge on any atom is 0.238 e. The monoisotopic (exact) mass is 410 g/mol. The van der Waals surface area contributed by atoms with E-state index < -0.39 is 0 Å². The van der Waals surface area contributed by atoms with Gasteiger partial charge in [0.05, 0.1) is 5.75 Å². The molecular formula is C24H30N2O2S. The summed E-state index contributed by atoms with van der Waals surface area (Å²) < 4.78 is 0. The van der Waals surface area contributed by atoms with E-state index in [2.05, 4.69) is 31.3 Å². The first kappa shape index (κ1) is 21.4. The van der Waals surface area contributed by atoms with Gasteiger partial charge in [-0.25, -0.2) is 0 Å². The number of benzene rings is 2. The number of amides is 2. The Morgan fingerprint density at radius 2 is 1.72 bits per heavy atom. The smallest absolute Gasteiger partial charge is 0.238 e. The molecule has 1 atom stereocenters. The summed E-state index contributed by atoms with van der Waals surface area (Å²) in [5, 5.41) is 2.91. The molecule has 1 unspecified atom stereocenters. The van der Waals surface area contributed by atoms with Crippen molar-refractivity contribution in [3.05, 3.63) is 59.7 Å². The normalized spacial score (nSPS) is 17.1. The Kier molecular flexibility index (Phi) is 6.37. The van der Waals surface area contributed by atoms with Crippen molar-refractivity contribution in [2.24, 2.45) is 5.41 Å². The Balaban J connectivity index is 1.75. The molecule has 1 aliphatic rings. The molecule has 0 saturated carbocycles. The van der Waals surface area contributed by atoms with E-state index in [-0.39, 0.29) is 22.6 Å². The molecule has 2 aromatic rings. The Bertz CT molecular complexity index is 867. The number of hydrogen-bond acceptors (Lipinski definition) is 3. The van der Waals surface area contributed by atoms with Crippen molar-refractivity contribution >= 4 is 35.0 Å². The van der Waals surface area contributed by atoms with Crippen molar-refractivity contribution in [1.82, 2.24) is 0 Å². The molecule has 0 aliphatic carbocycles. The fraction of sp³-hybridized carbons (Fsp3) is 0.417. The molecule has 3 rings (SSSR count). The topological polar surface area (TPSA) is 49.4 Å². The van der Waals surface area contributed by atoms with Crippen LogP contribution in [0.4, 0.5) is 11.4 Å². The third-order valence-electron chi connectivity index (χ3n) is 4.88. The molecule has 1 fully saturated rings. The van der Waals surface area contributed by atoms with Gasteiger partial charge >= 0.3 is 0 Å². The minimum absolute atomic E-state index is 0.0162. The van der Waals surface area contributed by atoms with Gasteiger partial charge in [0, 0.05) is 17.8 Å². The van der Waals surface area contributed by atoms with Crippen LogP contribution in [-0.2, 0) is 9.59 Å². The van der Waals surface area contributed by atoms with E-state index in [1.54, 1.807) is 11.8 Å². The van der Waals surface area contributed by atoms with Gasteiger partial charge in [-0.15, -0.1) is 11.8 Å². The highest BCUT2D eigenvalue weighted by atomic mass is 32.2. The molecule has 1 heterocycles. The minimum atomic E-state index is -0.0493. The van der Waals surface area contributed by atoms with Crippen molar-refractivity contribution in [1.29, 1.82) is 0 Å². The zero-order chi connectivity index (χ0) is 21.2. The van der Waals surface area contributed by atoms with Crippen LogP contribution in [0.3, 0.4) is 0 Å². The first-order chi connectivity index (χ1) is 13.6. The van der Waals surface area contributed by atoms with Crippen LogP contribution in [0.5, 0.6) is 0 Å². The molecule has 1 saturated heterocycles. The predicted octanol–water partition coefficient (Wildman–Crippen LogP) is 5.96. The second kappa shape index (κ2) is 8.62. The number of nitrogens with one attached hydrogen (secondary N) is 1. The van der Waals surface area contributed by atoms with E-state index in [1.807, 2.05) is 62.1 Å². The van der Waals surface area contributed by atoms with Crippen molar-refractivity contribution in [2.45, 2.75) is 52.3 Å². The highest BCUT2D eigenvalue weighted by molar-refractivity contribution is 8.00. The standard InChI is InChI=1S/C24H30N2O2S/c1-16(2)17-8-12-20(13-9-17)26-22(28)15-29-23(26)18-6-10-19(11-7-18)25-21(27)14-24(3,4)5/h6-13,16,23H,14-15H2,1-5H3,(H,25,27). The summed E-state index contributed by atoms with van der Waals surface area (Å²) >= 11 is 1.63. The molecular weight excluding hydrogens is 380 g/mol. The Morgan fingerprint density at radius 3 is 2.28 bits per heavy atom. The zero-order valence-electron chi connectivity index (χ0n) is 17.9. The number of thioether (sulfide) groups is 1. The molecule has 1 aliphatic heterocycles. The van der Waals surface area contributed by atoms with E-state index in [4.69, 9.17) is 0 Å². The lowest BCUT2D eigenvalue weighted by molar-refractivity contribution is -0.118. The van der Waals surface area contributed by atoms with Crippen LogP contribution < -0.4 is 10.2 Å². The number of nitrogens with zero attached hydrogens (tertiary/aromatic N) is 1. The maximum absolute atomic E-state index is 12.6. The Hall–Kier alpha value is -2.27. The number of anilines is 2. The highest BCUT2D eigenvalue weighted by Crippen LogP contribution is 2.42. The second-order valence-corrected chi connectivity index (χ2v) is 10.1. The van der Waals surface area contributed by atoms with Gasteiger partial charge in [-0.3, -0.25) is 14.5 Å². The van der Waals surface area contributed by atoms with Gasteiger partial charge in [0.1, 0.15) is 5.37 Å². The first-order valence-electron chi connectivity index (χ1n) is 10.1. The van der Waals surface area contributed by atoms with Gasteiger partial charge < -0.3 is 5.32 Å². The fourth-order valence-corrected chi connectivity index (χ4v) is 4.56. The molecule has 0 radical (unpaired) electrons. The van der Waals surface area contributed by atoms with Crippen LogP contribution >= 0.6 is 11.8 Å². The first-order valence-corrected chi connectivity index (χ1v) is 11.1. The third-order valence-corrected chi connectivity index (χ3v) is 6.09. The number of rotatable bonds is 5. The van der Waals surface area contributed by atoms with Gasteiger partial charge in [-0.2, -0.15) is 0 Å². The van der Waals surface area contributed by atoms with Crippen LogP contribution in [0, 0.1) is 5.41 Å². The van der Waals surface area contributed by atoms with Gasteiger partial charge in [-0.05, 0) is 46.7 Å². The lowest BCUT2D eigenvalue weighted by atomic mass is 9.92. The largest absolute Gasteiger partial charge is 0.326 e. The van der Waals surface area contributed by atoms with Gasteiger partial charge in [-0.1, -0.05) is 58.9 Å². The van der Waals surface area contributed by atoms with E-state index in [1.165, 1.54) is 5.56 Å². The van der Waals surface area contributed by atoms with E-state index in [9.17, 15) is 9.59 Å². The molecule has 1 N–H and O–H groups in total. The Morgan fingerprint density at radius 1 is 1.10 bits per heavy atom. The quantitative estimate of drug-likeness (QED) is 0.661. The Labute approximate surface area is 178 Å².